The van der Waals surface area contributed by atoms with Crippen LogP contribution in [0.5, 0.6) is 0 Å². The van der Waals surface area contributed by atoms with Gasteiger partial charge in [-0.15, -0.1) is 11.3 Å². The van der Waals surface area contributed by atoms with Crippen molar-refractivity contribution < 1.29 is 0 Å². The van der Waals surface area contributed by atoms with Gasteiger partial charge < -0.3 is 4.90 Å². The molecule has 0 aliphatic heterocycles. The zero-order valence-electron chi connectivity index (χ0n) is 35.7. The van der Waals surface area contributed by atoms with Crippen molar-refractivity contribution in [2.45, 2.75) is 47.0 Å². The first kappa shape index (κ1) is 41.0. The van der Waals surface area contributed by atoms with Crippen molar-refractivity contribution in [3.8, 4) is 22.3 Å². The van der Waals surface area contributed by atoms with E-state index in [4.69, 9.17) is 0 Å². The molecule has 7 aromatic rings. The molecule has 0 radical (unpaired) electrons. The minimum atomic E-state index is 0.949. The van der Waals surface area contributed by atoms with Gasteiger partial charge in [0.1, 0.15) is 0 Å². The standard InChI is InChI=1S/C59H53NS/c1-5-8-11-19-43(4)54-39-32-49(41-57(54)48(18-7-3)20-9-6-2)46-28-35-52(36-29-46)60(51-24-15-14-23-45(27-34-51)44-21-12-10-13-22-44)53-37-30-47(31-38-53)50-33-40-56-55-25-16-17-26-58(55)61-59(56)42-50/h6-13,16-42H,5,14-15H2,1-4H3/b9-6-,11-8-,18-7-,34-27?,43-19+,45-23-,48-20+,51-24?. The van der Waals surface area contributed by atoms with E-state index in [0.29, 0.717) is 0 Å². The Morgan fingerprint density at radius 1 is 0.574 bits per heavy atom. The maximum atomic E-state index is 2.41. The maximum absolute atomic E-state index is 2.41. The second-order valence-electron chi connectivity index (χ2n) is 15.4. The number of rotatable bonds is 12. The van der Waals surface area contributed by atoms with Crippen LogP contribution < -0.4 is 4.90 Å². The zero-order valence-corrected chi connectivity index (χ0v) is 36.5. The van der Waals surface area contributed by atoms with Crippen LogP contribution in [0.2, 0.25) is 0 Å². The van der Waals surface area contributed by atoms with Gasteiger partial charge in [-0.25, -0.2) is 0 Å². The van der Waals surface area contributed by atoms with Gasteiger partial charge in [-0.3, -0.25) is 0 Å². The van der Waals surface area contributed by atoms with E-state index in [9.17, 15) is 0 Å². The Kier molecular flexibility index (Phi) is 13.1. The molecule has 0 bridgehead atoms. The van der Waals surface area contributed by atoms with Crippen LogP contribution in [0.25, 0.3) is 59.1 Å². The fourth-order valence-electron chi connectivity index (χ4n) is 8.11. The quantitative estimate of drug-likeness (QED) is 0.111. The number of allylic oxidation sites excluding steroid dienone is 15. The lowest BCUT2D eigenvalue weighted by molar-refractivity contribution is 1.02. The first-order valence-electron chi connectivity index (χ1n) is 21.5. The molecule has 1 aliphatic rings. The second kappa shape index (κ2) is 19.5. The van der Waals surface area contributed by atoms with Crippen molar-refractivity contribution in [1.29, 1.82) is 0 Å². The van der Waals surface area contributed by atoms with Crippen molar-refractivity contribution in [3.63, 3.8) is 0 Å². The Labute approximate surface area is 366 Å². The van der Waals surface area contributed by atoms with Gasteiger partial charge in [0.25, 0.3) is 0 Å². The number of hydrogen-bond donors (Lipinski definition) is 0. The molecule has 0 N–H and O–H groups in total. The lowest BCUT2D eigenvalue weighted by atomic mass is 9.90. The van der Waals surface area contributed by atoms with Crippen molar-refractivity contribution in [2.75, 3.05) is 4.90 Å². The van der Waals surface area contributed by atoms with Gasteiger partial charge in [-0.1, -0.05) is 171 Å². The number of thiophene rings is 1. The summed E-state index contributed by atoms with van der Waals surface area (Å²) in [5, 5.41) is 2.65. The Bertz CT molecular complexity index is 2890. The Morgan fingerprint density at radius 2 is 1.23 bits per heavy atom. The Balaban J connectivity index is 1.17. The minimum absolute atomic E-state index is 0.949. The second-order valence-corrected chi connectivity index (χ2v) is 16.5. The van der Waals surface area contributed by atoms with Crippen LogP contribution in [-0.2, 0) is 0 Å². The molecule has 0 atom stereocenters. The molecule has 0 saturated heterocycles. The number of benzene rings is 6. The summed E-state index contributed by atoms with van der Waals surface area (Å²) < 4.78 is 2.65. The summed E-state index contributed by atoms with van der Waals surface area (Å²) in [7, 11) is 0. The molecule has 0 saturated carbocycles. The SMILES string of the molecule is C\C=C/C=C(\C=C/C)c1cc(-c2ccc(N(C3=CCC/C=C(\c4ccccc4)C=C3)c3ccc(-c4ccc5c(c4)sc4ccccc45)cc3)cc2)ccc1/C(C)=C/C=C\CC. The molecule has 1 aliphatic carbocycles. The van der Waals surface area contributed by atoms with E-state index >= 15 is 0 Å². The van der Waals surface area contributed by atoms with E-state index in [2.05, 4.69) is 245 Å². The van der Waals surface area contributed by atoms with E-state index in [0.717, 1.165) is 36.3 Å². The van der Waals surface area contributed by atoms with E-state index in [1.165, 1.54) is 75.8 Å². The third-order valence-corrected chi connectivity index (χ3v) is 12.4. The highest BCUT2D eigenvalue weighted by Gasteiger charge is 2.17. The summed E-state index contributed by atoms with van der Waals surface area (Å²) in [6.45, 7) is 8.53. The molecular formula is C59H53NS. The fourth-order valence-corrected chi connectivity index (χ4v) is 9.26. The van der Waals surface area contributed by atoms with Gasteiger partial charge in [-0.05, 0) is 144 Å². The molecule has 8 rings (SSSR count). The summed E-state index contributed by atoms with van der Waals surface area (Å²) in [4.78, 5) is 2.41. The smallest absolute Gasteiger partial charge is 0.0461 e. The van der Waals surface area contributed by atoms with Gasteiger partial charge in [0, 0.05) is 37.2 Å². The summed E-state index contributed by atoms with van der Waals surface area (Å²) in [5.74, 6) is 0. The predicted molar refractivity (Wildman–Crippen MR) is 270 cm³/mol. The monoisotopic (exact) mass is 807 g/mol. The van der Waals surface area contributed by atoms with Crippen LogP contribution in [0, 0.1) is 0 Å². The molecule has 2 heteroatoms. The third-order valence-electron chi connectivity index (χ3n) is 11.3. The van der Waals surface area contributed by atoms with Crippen molar-refractivity contribution in [2.24, 2.45) is 0 Å². The van der Waals surface area contributed by atoms with E-state index in [-0.39, 0.29) is 0 Å². The molecule has 0 spiro atoms. The number of hydrogen-bond acceptors (Lipinski definition) is 2. The van der Waals surface area contributed by atoms with Gasteiger partial charge in [0.2, 0.25) is 0 Å². The summed E-state index contributed by atoms with van der Waals surface area (Å²) >= 11 is 1.87. The van der Waals surface area contributed by atoms with Crippen LogP contribution in [0.4, 0.5) is 11.4 Å². The molecule has 1 aromatic heterocycles. The minimum Gasteiger partial charge on any atom is -0.311 e. The van der Waals surface area contributed by atoms with Gasteiger partial charge in [0.15, 0.2) is 0 Å². The molecule has 0 amide bonds. The Morgan fingerprint density at radius 3 is 1.95 bits per heavy atom. The first-order valence-corrected chi connectivity index (χ1v) is 22.4. The zero-order chi connectivity index (χ0) is 42.0. The lowest BCUT2D eigenvalue weighted by Crippen LogP contribution is -2.15. The topological polar surface area (TPSA) is 3.24 Å². The van der Waals surface area contributed by atoms with Crippen molar-refractivity contribution in [3.05, 3.63) is 235 Å². The largest absolute Gasteiger partial charge is 0.311 e. The van der Waals surface area contributed by atoms with Crippen molar-refractivity contribution >= 4 is 59.6 Å². The number of fused-ring (bicyclic) bond motifs is 3. The average Bonchev–Trinajstić information content (AvgIpc) is 3.67. The Hall–Kier alpha value is -6.74. The molecule has 1 nitrogen and oxygen atoms in total. The van der Waals surface area contributed by atoms with Crippen LogP contribution in [-0.4, -0.2) is 0 Å². The van der Waals surface area contributed by atoms with Gasteiger partial charge in [-0.2, -0.15) is 0 Å². The molecule has 0 unspecified atom stereocenters. The summed E-state index contributed by atoms with van der Waals surface area (Å²) in [6, 6.07) is 51.4. The van der Waals surface area contributed by atoms with E-state index in [1.54, 1.807) is 0 Å². The lowest BCUT2D eigenvalue weighted by Gasteiger charge is -2.27. The van der Waals surface area contributed by atoms with Crippen LogP contribution >= 0.6 is 11.3 Å². The molecular weight excluding hydrogens is 755 g/mol. The highest BCUT2D eigenvalue weighted by Crippen LogP contribution is 2.39. The molecule has 6 aromatic carbocycles. The predicted octanol–water partition coefficient (Wildman–Crippen LogP) is 17.7. The van der Waals surface area contributed by atoms with Gasteiger partial charge >= 0.3 is 0 Å². The van der Waals surface area contributed by atoms with Crippen molar-refractivity contribution in [1.82, 2.24) is 0 Å². The average molecular weight is 808 g/mol. The molecule has 0 fully saturated rings. The van der Waals surface area contributed by atoms with Gasteiger partial charge in [0.05, 0.1) is 0 Å². The normalized spacial score (nSPS) is 14.8. The summed E-state index contributed by atoms with van der Waals surface area (Å²) in [6.07, 6.45) is 29.6. The third kappa shape index (κ3) is 9.36. The van der Waals surface area contributed by atoms with Crippen LogP contribution in [0.3, 0.4) is 0 Å². The molecule has 1 heterocycles. The number of nitrogens with zero attached hydrogens (tertiary/aromatic N) is 1. The highest BCUT2D eigenvalue weighted by atomic mass is 32.1. The van der Waals surface area contributed by atoms with Crippen LogP contribution in [0.1, 0.15) is 63.6 Å². The fraction of sp³-hybridized carbons (Fsp3) is 0.119. The highest BCUT2D eigenvalue weighted by molar-refractivity contribution is 7.25. The molecule has 61 heavy (non-hydrogen) atoms. The first-order chi connectivity index (χ1) is 30.0. The maximum Gasteiger partial charge on any atom is 0.0461 e. The number of anilines is 2. The summed E-state index contributed by atoms with van der Waals surface area (Å²) in [5.41, 5.74) is 15.6. The van der Waals surface area contributed by atoms with E-state index < -0.39 is 0 Å². The van der Waals surface area contributed by atoms with E-state index in [1.807, 2.05) is 11.3 Å². The van der Waals surface area contributed by atoms with Crippen LogP contribution in [0.15, 0.2) is 218 Å². The molecule has 300 valence electrons.